The van der Waals surface area contributed by atoms with Crippen LogP contribution in [-0.2, 0) is 4.79 Å². The lowest BCUT2D eigenvalue weighted by molar-refractivity contribution is -0.126. The average molecular weight is 286 g/mol. The van der Waals surface area contributed by atoms with Crippen molar-refractivity contribution in [2.24, 2.45) is 0 Å². The van der Waals surface area contributed by atoms with Gasteiger partial charge in [-0.05, 0) is 0 Å². The normalized spacial score (nSPS) is 11.5. The first-order valence-corrected chi connectivity index (χ1v) is 4.91. The maximum absolute atomic E-state index is 13.1. The van der Waals surface area contributed by atoms with Crippen molar-refractivity contribution in [3.63, 3.8) is 0 Å². The summed E-state index contributed by atoms with van der Waals surface area (Å²) in [5.41, 5.74) is -0.655. The zero-order valence-electron chi connectivity index (χ0n) is 9.24. The van der Waals surface area contributed by atoms with Crippen molar-refractivity contribution in [1.29, 1.82) is 0 Å². The molecule has 0 aliphatic rings. The van der Waals surface area contributed by atoms with Gasteiger partial charge in [0, 0.05) is 12.1 Å². The summed E-state index contributed by atoms with van der Waals surface area (Å²) >= 11 is 0. The monoisotopic (exact) mass is 286 g/mol. The Kier molecular flexibility index (Phi) is 4.76. The molecule has 0 aliphatic heterocycles. The zero-order valence-corrected chi connectivity index (χ0v) is 9.24. The molecule has 0 aromatic heterocycles. The second-order valence-electron chi connectivity index (χ2n) is 3.51. The van der Waals surface area contributed by atoms with Gasteiger partial charge in [-0.2, -0.15) is 13.2 Å². The Hall–Kier alpha value is -1.77. The molecule has 2 N–H and O–H groups in total. The summed E-state index contributed by atoms with van der Waals surface area (Å²) in [5.74, 6) is -5.08. The van der Waals surface area contributed by atoms with E-state index in [4.69, 9.17) is 0 Å². The van der Waals surface area contributed by atoms with Gasteiger partial charge in [-0.1, -0.05) is 0 Å². The Bertz CT molecular complexity index is 474. The predicted octanol–water partition coefficient (Wildman–Crippen LogP) is 2.19. The number of carbonyl (C=O) groups is 1. The van der Waals surface area contributed by atoms with Crippen molar-refractivity contribution in [3.8, 4) is 0 Å². The Morgan fingerprint density at radius 3 is 2.21 bits per heavy atom. The number of anilines is 1. The van der Waals surface area contributed by atoms with Crippen molar-refractivity contribution in [3.05, 3.63) is 29.6 Å². The SMILES string of the molecule is O=C(CNCC(F)(F)F)Nc1cc(F)c(F)cc1F. The summed E-state index contributed by atoms with van der Waals surface area (Å²) in [6.07, 6.45) is -4.49. The molecule has 1 aromatic rings. The molecule has 0 fully saturated rings. The molecule has 0 radical (unpaired) electrons. The fraction of sp³-hybridized carbons (Fsp3) is 0.300. The molecule has 0 unspecified atom stereocenters. The topological polar surface area (TPSA) is 41.1 Å². The van der Waals surface area contributed by atoms with Crippen LogP contribution in [0.3, 0.4) is 0 Å². The largest absolute Gasteiger partial charge is 0.401 e. The first kappa shape index (κ1) is 15.3. The highest BCUT2D eigenvalue weighted by atomic mass is 19.4. The number of hydrogen-bond donors (Lipinski definition) is 2. The molecule has 106 valence electrons. The highest BCUT2D eigenvalue weighted by Gasteiger charge is 2.26. The average Bonchev–Trinajstić information content (AvgIpc) is 2.24. The van der Waals surface area contributed by atoms with E-state index in [0.717, 1.165) is 0 Å². The number of carbonyl (C=O) groups excluding carboxylic acids is 1. The maximum Gasteiger partial charge on any atom is 0.401 e. The van der Waals surface area contributed by atoms with Gasteiger partial charge in [0.1, 0.15) is 5.82 Å². The minimum absolute atomic E-state index is 0.216. The van der Waals surface area contributed by atoms with Crippen LogP contribution in [0.25, 0.3) is 0 Å². The molecule has 19 heavy (non-hydrogen) atoms. The van der Waals surface area contributed by atoms with Crippen LogP contribution in [0.2, 0.25) is 0 Å². The van der Waals surface area contributed by atoms with Gasteiger partial charge < -0.3 is 10.6 Å². The number of hydrogen-bond acceptors (Lipinski definition) is 2. The molecule has 0 bridgehead atoms. The summed E-state index contributed by atoms with van der Waals surface area (Å²) in [6.45, 7) is -2.15. The first-order valence-electron chi connectivity index (χ1n) is 4.91. The molecule has 0 aliphatic carbocycles. The van der Waals surface area contributed by atoms with Crippen LogP contribution in [0.4, 0.5) is 32.0 Å². The van der Waals surface area contributed by atoms with Crippen LogP contribution < -0.4 is 10.6 Å². The fourth-order valence-electron chi connectivity index (χ4n) is 1.13. The maximum atomic E-state index is 13.1. The lowest BCUT2D eigenvalue weighted by atomic mass is 10.3. The van der Waals surface area contributed by atoms with E-state index in [1.165, 1.54) is 0 Å². The van der Waals surface area contributed by atoms with E-state index in [2.05, 4.69) is 0 Å². The molecule has 0 spiro atoms. The second-order valence-corrected chi connectivity index (χ2v) is 3.51. The van der Waals surface area contributed by atoms with Crippen LogP contribution in [0.1, 0.15) is 0 Å². The van der Waals surface area contributed by atoms with E-state index in [1.807, 2.05) is 5.32 Å². The van der Waals surface area contributed by atoms with E-state index in [0.29, 0.717) is 6.07 Å². The smallest absolute Gasteiger partial charge is 0.322 e. The highest BCUT2D eigenvalue weighted by molar-refractivity contribution is 5.92. The number of halogens is 6. The number of rotatable bonds is 4. The third-order valence-corrected chi connectivity index (χ3v) is 1.90. The van der Waals surface area contributed by atoms with Gasteiger partial charge in [0.15, 0.2) is 11.6 Å². The van der Waals surface area contributed by atoms with Crippen molar-refractivity contribution in [2.45, 2.75) is 6.18 Å². The molecule has 0 saturated carbocycles. The molecular weight excluding hydrogens is 278 g/mol. The van der Waals surface area contributed by atoms with Crippen LogP contribution in [-0.4, -0.2) is 25.2 Å². The minimum atomic E-state index is -4.49. The second kappa shape index (κ2) is 5.91. The Balaban J connectivity index is 2.56. The molecule has 0 saturated heterocycles. The van der Waals surface area contributed by atoms with Crippen LogP contribution in [0.15, 0.2) is 12.1 Å². The number of amides is 1. The van der Waals surface area contributed by atoms with Crippen molar-refractivity contribution in [2.75, 3.05) is 18.4 Å². The molecule has 0 heterocycles. The molecule has 0 atom stereocenters. The van der Waals surface area contributed by atoms with E-state index in [-0.39, 0.29) is 6.07 Å². The zero-order chi connectivity index (χ0) is 14.6. The summed E-state index contributed by atoms with van der Waals surface area (Å²) < 4.78 is 73.7. The number of nitrogens with one attached hydrogen (secondary N) is 2. The molecule has 9 heteroatoms. The highest BCUT2D eigenvalue weighted by Crippen LogP contribution is 2.18. The minimum Gasteiger partial charge on any atom is -0.322 e. The Labute approximate surface area is 103 Å². The fourth-order valence-corrected chi connectivity index (χ4v) is 1.13. The van der Waals surface area contributed by atoms with E-state index >= 15 is 0 Å². The summed E-state index contributed by atoms with van der Waals surface area (Å²) in [4.78, 5) is 11.1. The number of benzene rings is 1. The van der Waals surface area contributed by atoms with Gasteiger partial charge in [-0.25, -0.2) is 13.2 Å². The van der Waals surface area contributed by atoms with E-state index in [1.54, 1.807) is 5.32 Å². The van der Waals surface area contributed by atoms with Gasteiger partial charge in [0.05, 0.1) is 18.8 Å². The molecule has 1 rings (SSSR count). The first-order chi connectivity index (χ1) is 8.69. The van der Waals surface area contributed by atoms with Gasteiger partial charge >= 0.3 is 6.18 Å². The van der Waals surface area contributed by atoms with E-state index in [9.17, 15) is 31.1 Å². The van der Waals surface area contributed by atoms with Gasteiger partial charge in [0.25, 0.3) is 0 Å². The van der Waals surface area contributed by atoms with Gasteiger partial charge in [-0.3, -0.25) is 4.79 Å². The molecule has 1 aromatic carbocycles. The van der Waals surface area contributed by atoms with Crippen molar-refractivity contribution < 1.29 is 31.1 Å². The predicted molar refractivity (Wildman–Crippen MR) is 53.9 cm³/mol. The van der Waals surface area contributed by atoms with Crippen molar-refractivity contribution in [1.82, 2.24) is 5.32 Å². The molecular formula is C10H8F6N2O. The summed E-state index contributed by atoms with van der Waals surface area (Å²) in [7, 11) is 0. The third kappa shape index (κ3) is 5.16. The molecule has 1 amide bonds. The van der Waals surface area contributed by atoms with Gasteiger partial charge in [0.2, 0.25) is 5.91 Å². The summed E-state index contributed by atoms with van der Waals surface area (Å²) in [6, 6.07) is 0.612. The van der Waals surface area contributed by atoms with Crippen molar-refractivity contribution >= 4 is 11.6 Å². The number of alkyl halides is 3. The molecule has 3 nitrogen and oxygen atoms in total. The van der Waals surface area contributed by atoms with Crippen LogP contribution in [0, 0.1) is 17.5 Å². The van der Waals surface area contributed by atoms with E-state index < -0.39 is 48.3 Å². The Morgan fingerprint density at radius 1 is 1.05 bits per heavy atom. The lowest BCUT2D eigenvalue weighted by Crippen LogP contribution is -2.35. The van der Waals surface area contributed by atoms with Crippen LogP contribution in [0.5, 0.6) is 0 Å². The van der Waals surface area contributed by atoms with Crippen LogP contribution >= 0.6 is 0 Å². The van der Waals surface area contributed by atoms with Gasteiger partial charge in [-0.15, -0.1) is 0 Å². The lowest BCUT2D eigenvalue weighted by Gasteiger charge is -2.09. The quantitative estimate of drug-likeness (QED) is 0.658. The Morgan fingerprint density at radius 2 is 1.63 bits per heavy atom. The summed E-state index contributed by atoms with van der Waals surface area (Å²) in [5, 5.41) is 3.58. The third-order valence-electron chi connectivity index (χ3n) is 1.90. The standard InChI is InChI=1S/C10H8F6N2O/c11-5-1-7(13)8(2-6(5)12)18-9(19)3-17-4-10(14,15)16/h1-2,17H,3-4H2,(H,18,19).